The van der Waals surface area contributed by atoms with Gasteiger partial charge in [-0.2, -0.15) is 11.8 Å². The number of rotatable bonds is 6. The molecule has 0 aromatic heterocycles. The van der Waals surface area contributed by atoms with E-state index >= 15 is 0 Å². The van der Waals surface area contributed by atoms with Crippen molar-refractivity contribution in [3.05, 3.63) is 35.9 Å². The largest absolute Gasteiger partial charge is 0.306 e. The topological polar surface area (TPSA) is 12.0 Å². The minimum Gasteiger partial charge on any atom is -0.306 e. The van der Waals surface area contributed by atoms with Gasteiger partial charge in [-0.25, -0.2) is 0 Å². The van der Waals surface area contributed by atoms with Crippen LogP contribution in [0.3, 0.4) is 0 Å². The normalized spacial score (nSPS) is 24.8. The van der Waals surface area contributed by atoms with Crippen LogP contribution in [0.25, 0.3) is 0 Å². The average molecular weight is 277 g/mol. The highest BCUT2D eigenvalue weighted by atomic mass is 32.2. The van der Waals surface area contributed by atoms with Crippen LogP contribution in [0.2, 0.25) is 0 Å². The van der Waals surface area contributed by atoms with Crippen LogP contribution >= 0.6 is 11.8 Å². The fourth-order valence-electron chi connectivity index (χ4n) is 3.11. The Labute approximate surface area is 122 Å². The lowest BCUT2D eigenvalue weighted by atomic mass is 9.88. The van der Waals surface area contributed by atoms with Gasteiger partial charge in [0.25, 0.3) is 0 Å². The summed E-state index contributed by atoms with van der Waals surface area (Å²) in [5, 5.41) is 4.76. The number of nitrogens with one attached hydrogen (secondary N) is 1. The Bertz CT molecular complexity index is 361. The maximum atomic E-state index is 3.94. The molecule has 0 aliphatic carbocycles. The Morgan fingerprint density at radius 2 is 1.89 bits per heavy atom. The molecule has 1 saturated heterocycles. The summed E-state index contributed by atoms with van der Waals surface area (Å²) < 4.78 is 0. The Morgan fingerprint density at radius 1 is 1.21 bits per heavy atom. The van der Waals surface area contributed by atoms with E-state index in [1.165, 1.54) is 30.6 Å². The number of hydrogen-bond acceptors (Lipinski definition) is 2. The highest BCUT2D eigenvalue weighted by molar-refractivity contribution is 8.00. The van der Waals surface area contributed by atoms with Crippen molar-refractivity contribution in [1.29, 1.82) is 0 Å². The van der Waals surface area contributed by atoms with Gasteiger partial charge in [0, 0.05) is 23.1 Å². The summed E-state index contributed by atoms with van der Waals surface area (Å²) in [5.74, 6) is 2.01. The van der Waals surface area contributed by atoms with Crippen molar-refractivity contribution in [2.75, 3.05) is 5.75 Å². The van der Waals surface area contributed by atoms with Gasteiger partial charge in [-0.3, -0.25) is 0 Å². The van der Waals surface area contributed by atoms with E-state index < -0.39 is 0 Å². The second kappa shape index (κ2) is 7.35. The molecule has 0 saturated carbocycles. The molecule has 1 aromatic carbocycles. The molecule has 3 atom stereocenters. The molecule has 0 spiro atoms. The van der Waals surface area contributed by atoms with E-state index in [0.29, 0.717) is 12.1 Å². The molecule has 0 amide bonds. The minimum atomic E-state index is 0.520. The van der Waals surface area contributed by atoms with Crippen LogP contribution in [-0.4, -0.2) is 17.0 Å². The first-order valence-electron chi connectivity index (χ1n) is 7.67. The lowest BCUT2D eigenvalue weighted by Crippen LogP contribution is -2.36. The molecule has 2 rings (SSSR count). The van der Waals surface area contributed by atoms with Crippen molar-refractivity contribution in [1.82, 2.24) is 5.32 Å². The highest BCUT2D eigenvalue weighted by Crippen LogP contribution is 2.32. The SMILES string of the molecule is CCC(CC)C(NC1CSC(C)C1)c1ccccc1. The summed E-state index contributed by atoms with van der Waals surface area (Å²) in [5.41, 5.74) is 1.46. The summed E-state index contributed by atoms with van der Waals surface area (Å²) in [4.78, 5) is 0. The quantitative estimate of drug-likeness (QED) is 0.812. The molecule has 0 radical (unpaired) electrons. The predicted molar refractivity (Wildman–Crippen MR) is 86.7 cm³/mol. The maximum Gasteiger partial charge on any atom is 0.0351 e. The fraction of sp³-hybridized carbons (Fsp3) is 0.647. The molecule has 0 bridgehead atoms. The second-order valence-electron chi connectivity index (χ2n) is 5.71. The van der Waals surface area contributed by atoms with E-state index in [4.69, 9.17) is 0 Å². The zero-order valence-electron chi connectivity index (χ0n) is 12.4. The van der Waals surface area contributed by atoms with E-state index in [1.807, 2.05) is 0 Å². The molecule has 19 heavy (non-hydrogen) atoms. The molecular formula is C17H27NS. The van der Waals surface area contributed by atoms with Crippen molar-refractivity contribution in [2.45, 2.75) is 57.4 Å². The van der Waals surface area contributed by atoms with Crippen LogP contribution in [0, 0.1) is 5.92 Å². The van der Waals surface area contributed by atoms with Gasteiger partial charge in [-0.1, -0.05) is 63.9 Å². The lowest BCUT2D eigenvalue weighted by molar-refractivity contribution is 0.314. The van der Waals surface area contributed by atoms with Crippen molar-refractivity contribution in [2.24, 2.45) is 5.92 Å². The zero-order valence-corrected chi connectivity index (χ0v) is 13.2. The Morgan fingerprint density at radius 3 is 2.42 bits per heavy atom. The van der Waals surface area contributed by atoms with Gasteiger partial charge in [0.1, 0.15) is 0 Å². The minimum absolute atomic E-state index is 0.520. The van der Waals surface area contributed by atoms with Crippen molar-refractivity contribution < 1.29 is 0 Å². The van der Waals surface area contributed by atoms with E-state index in [0.717, 1.165) is 11.2 Å². The molecule has 1 aliphatic rings. The highest BCUT2D eigenvalue weighted by Gasteiger charge is 2.27. The van der Waals surface area contributed by atoms with Crippen molar-refractivity contribution in [3.63, 3.8) is 0 Å². The molecule has 1 aromatic rings. The van der Waals surface area contributed by atoms with E-state index in [2.05, 4.69) is 68.2 Å². The van der Waals surface area contributed by atoms with Gasteiger partial charge in [0.2, 0.25) is 0 Å². The first-order valence-corrected chi connectivity index (χ1v) is 8.72. The number of benzene rings is 1. The van der Waals surface area contributed by atoms with E-state index in [9.17, 15) is 0 Å². The van der Waals surface area contributed by atoms with Gasteiger partial charge < -0.3 is 5.32 Å². The van der Waals surface area contributed by atoms with Gasteiger partial charge >= 0.3 is 0 Å². The molecule has 1 fully saturated rings. The van der Waals surface area contributed by atoms with Crippen LogP contribution in [0.1, 0.15) is 51.6 Å². The zero-order chi connectivity index (χ0) is 13.7. The number of thioether (sulfide) groups is 1. The van der Waals surface area contributed by atoms with Gasteiger partial charge in [0.05, 0.1) is 0 Å². The third-order valence-corrected chi connectivity index (χ3v) is 5.65. The first kappa shape index (κ1) is 14.9. The maximum absolute atomic E-state index is 3.94. The van der Waals surface area contributed by atoms with Crippen LogP contribution < -0.4 is 5.32 Å². The Balaban J connectivity index is 2.10. The van der Waals surface area contributed by atoms with Gasteiger partial charge in [-0.15, -0.1) is 0 Å². The lowest BCUT2D eigenvalue weighted by Gasteiger charge is -2.30. The first-order chi connectivity index (χ1) is 9.24. The Kier molecular flexibility index (Phi) is 5.77. The van der Waals surface area contributed by atoms with Gasteiger partial charge in [0.15, 0.2) is 0 Å². The average Bonchev–Trinajstić information content (AvgIpc) is 2.85. The molecule has 1 aliphatic heterocycles. The second-order valence-corrected chi connectivity index (χ2v) is 7.18. The van der Waals surface area contributed by atoms with Crippen molar-refractivity contribution in [3.8, 4) is 0 Å². The van der Waals surface area contributed by atoms with Crippen LogP contribution in [0.4, 0.5) is 0 Å². The monoisotopic (exact) mass is 277 g/mol. The third-order valence-electron chi connectivity index (χ3n) is 4.29. The third kappa shape index (κ3) is 4.00. The predicted octanol–water partition coefficient (Wildman–Crippen LogP) is 4.65. The van der Waals surface area contributed by atoms with E-state index in [1.54, 1.807) is 0 Å². The molecule has 1 heterocycles. The Hall–Kier alpha value is -0.470. The van der Waals surface area contributed by atoms with Crippen LogP contribution in [-0.2, 0) is 0 Å². The summed E-state index contributed by atoms with van der Waals surface area (Å²) >= 11 is 2.11. The summed E-state index contributed by atoms with van der Waals surface area (Å²) in [6, 6.07) is 12.2. The molecule has 1 nitrogen and oxygen atoms in total. The fourth-order valence-corrected chi connectivity index (χ4v) is 4.27. The van der Waals surface area contributed by atoms with E-state index in [-0.39, 0.29) is 0 Å². The summed E-state index contributed by atoms with van der Waals surface area (Å²) in [7, 11) is 0. The molecular weight excluding hydrogens is 250 g/mol. The number of hydrogen-bond donors (Lipinski definition) is 1. The molecule has 1 N–H and O–H groups in total. The van der Waals surface area contributed by atoms with Crippen molar-refractivity contribution >= 4 is 11.8 Å². The van der Waals surface area contributed by atoms with Gasteiger partial charge in [-0.05, 0) is 17.9 Å². The summed E-state index contributed by atoms with van der Waals surface area (Å²) in [6.45, 7) is 6.98. The molecule has 2 heteroatoms. The molecule has 3 unspecified atom stereocenters. The smallest absolute Gasteiger partial charge is 0.0351 e. The standard InChI is InChI=1S/C17H27NS/c1-4-14(5-2)17(15-9-7-6-8-10-15)18-16-11-13(3)19-12-16/h6-10,13-14,16-18H,4-5,11-12H2,1-3H3. The van der Waals surface area contributed by atoms with Crippen LogP contribution in [0.15, 0.2) is 30.3 Å². The van der Waals surface area contributed by atoms with Crippen LogP contribution in [0.5, 0.6) is 0 Å². The molecule has 106 valence electrons. The summed E-state index contributed by atoms with van der Waals surface area (Å²) in [6.07, 6.45) is 3.81.